The van der Waals surface area contributed by atoms with Gasteiger partial charge < -0.3 is 15.5 Å². The Morgan fingerprint density at radius 2 is 1.42 bits per heavy atom. The first-order valence-corrected chi connectivity index (χ1v) is 8.53. The molecule has 0 unspecified atom stereocenters. The van der Waals surface area contributed by atoms with Gasteiger partial charge in [0.25, 0.3) is 5.91 Å². The van der Waals surface area contributed by atoms with Gasteiger partial charge in [-0.3, -0.25) is 9.59 Å². The fraction of sp³-hybridized carbons (Fsp3) is 0.556. The molecule has 6 heteroatoms. The van der Waals surface area contributed by atoms with Crippen LogP contribution in [0.2, 0.25) is 0 Å². The Labute approximate surface area is 149 Å². The quantitative estimate of drug-likeness (QED) is 0.886. The Morgan fingerprint density at radius 1 is 0.875 bits per heavy atom. The third kappa shape index (κ3) is 3.90. The van der Waals surface area contributed by atoms with Gasteiger partial charge in [-0.25, -0.2) is 0 Å². The van der Waals surface area contributed by atoms with E-state index in [-0.39, 0.29) is 24.2 Å². The molecule has 1 aromatic carbocycles. The summed E-state index contributed by atoms with van der Waals surface area (Å²) in [4.78, 5) is 28.8. The monoisotopic (exact) mass is 351 g/mol. The van der Waals surface area contributed by atoms with Gasteiger partial charge in [0.05, 0.1) is 5.54 Å². The molecule has 1 aromatic rings. The Kier molecular flexibility index (Phi) is 6.24. The molecule has 1 aliphatic carbocycles. The van der Waals surface area contributed by atoms with Gasteiger partial charge in [-0.15, -0.1) is 12.4 Å². The van der Waals surface area contributed by atoms with E-state index in [9.17, 15) is 9.59 Å². The van der Waals surface area contributed by atoms with Crippen LogP contribution in [0.15, 0.2) is 30.3 Å². The van der Waals surface area contributed by atoms with Crippen molar-refractivity contribution in [2.24, 2.45) is 5.73 Å². The molecule has 0 bridgehead atoms. The summed E-state index contributed by atoms with van der Waals surface area (Å²) in [5.74, 6) is 0.113. The zero-order valence-electron chi connectivity index (χ0n) is 13.9. The second-order valence-corrected chi connectivity index (χ2v) is 6.67. The molecule has 1 saturated carbocycles. The van der Waals surface area contributed by atoms with E-state index in [0.717, 1.165) is 25.7 Å². The summed E-state index contributed by atoms with van der Waals surface area (Å²) in [5, 5.41) is 0. The van der Waals surface area contributed by atoms with E-state index in [1.165, 1.54) is 6.42 Å². The van der Waals surface area contributed by atoms with Crippen molar-refractivity contribution in [2.45, 2.75) is 37.6 Å². The number of nitrogens with zero attached hydrogens (tertiary/aromatic N) is 2. The van der Waals surface area contributed by atoms with E-state index >= 15 is 0 Å². The van der Waals surface area contributed by atoms with Crippen LogP contribution >= 0.6 is 12.4 Å². The van der Waals surface area contributed by atoms with Gasteiger partial charge in [-0.05, 0) is 25.0 Å². The van der Waals surface area contributed by atoms with Crippen molar-refractivity contribution in [1.82, 2.24) is 9.80 Å². The molecule has 2 amide bonds. The molecule has 0 spiro atoms. The number of nitrogens with two attached hydrogens (primary N) is 1. The van der Waals surface area contributed by atoms with E-state index in [0.29, 0.717) is 31.7 Å². The average Bonchev–Trinajstić information content (AvgIpc) is 2.62. The molecule has 0 radical (unpaired) electrons. The Morgan fingerprint density at radius 3 is 2.00 bits per heavy atom. The summed E-state index contributed by atoms with van der Waals surface area (Å²) in [7, 11) is 0. The zero-order valence-corrected chi connectivity index (χ0v) is 14.8. The van der Waals surface area contributed by atoms with Crippen LogP contribution in [-0.2, 0) is 4.79 Å². The second kappa shape index (κ2) is 7.99. The lowest BCUT2D eigenvalue weighted by Crippen LogP contribution is -2.60. The number of rotatable bonds is 2. The van der Waals surface area contributed by atoms with Crippen molar-refractivity contribution in [3.63, 3.8) is 0 Å². The second-order valence-electron chi connectivity index (χ2n) is 6.67. The smallest absolute Gasteiger partial charge is 0.253 e. The van der Waals surface area contributed by atoms with E-state index in [1.807, 2.05) is 40.1 Å². The summed E-state index contributed by atoms with van der Waals surface area (Å²) in [6, 6.07) is 9.30. The lowest BCUT2D eigenvalue weighted by atomic mass is 9.81. The van der Waals surface area contributed by atoms with E-state index < -0.39 is 5.54 Å². The summed E-state index contributed by atoms with van der Waals surface area (Å²) >= 11 is 0. The molecule has 2 aliphatic rings. The van der Waals surface area contributed by atoms with Crippen LogP contribution in [0.3, 0.4) is 0 Å². The number of carbonyl (C=O) groups is 2. The minimum Gasteiger partial charge on any atom is -0.338 e. The SMILES string of the molecule is Cl.NC1(C(=O)N2CCN(C(=O)c3ccccc3)CC2)CCCCC1. The average molecular weight is 352 g/mol. The van der Waals surface area contributed by atoms with Crippen molar-refractivity contribution in [3.8, 4) is 0 Å². The highest BCUT2D eigenvalue weighted by Gasteiger charge is 2.39. The predicted molar refractivity (Wildman–Crippen MR) is 96.2 cm³/mol. The highest BCUT2D eigenvalue weighted by molar-refractivity contribution is 5.94. The highest BCUT2D eigenvalue weighted by Crippen LogP contribution is 2.28. The van der Waals surface area contributed by atoms with Crippen molar-refractivity contribution >= 4 is 24.2 Å². The number of halogens is 1. The summed E-state index contributed by atoms with van der Waals surface area (Å²) in [6.45, 7) is 2.32. The highest BCUT2D eigenvalue weighted by atomic mass is 35.5. The molecule has 1 heterocycles. The number of hydrogen-bond donors (Lipinski definition) is 1. The van der Waals surface area contributed by atoms with Crippen molar-refractivity contribution < 1.29 is 9.59 Å². The largest absolute Gasteiger partial charge is 0.338 e. The number of hydrogen-bond acceptors (Lipinski definition) is 3. The zero-order chi connectivity index (χ0) is 16.3. The standard InChI is InChI=1S/C18H25N3O2.ClH/c19-18(9-5-2-6-10-18)17(23)21-13-11-20(12-14-21)16(22)15-7-3-1-4-8-15;/h1,3-4,7-8H,2,5-6,9-14,19H2;1H. The van der Waals surface area contributed by atoms with E-state index in [4.69, 9.17) is 5.73 Å². The fourth-order valence-electron chi connectivity index (χ4n) is 3.59. The summed E-state index contributed by atoms with van der Waals surface area (Å²) in [5.41, 5.74) is 6.37. The molecule has 1 aliphatic heterocycles. The molecule has 2 fully saturated rings. The van der Waals surface area contributed by atoms with Crippen LogP contribution < -0.4 is 5.73 Å². The van der Waals surface area contributed by atoms with Crippen molar-refractivity contribution in [3.05, 3.63) is 35.9 Å². The Hall–Kier alpha value is -1.59. The molecular weight excluding hydrogens is 326 g/mol. The first-order valence-electron chi connectivity index (χ1n) is 8.53. The van der Waals surface area contributed by atoms with Gasteiger partial charge in [0.1, 0.15) is 0 Å². The number of piperazine rings is 1. The molecule has 3 rings (SSSR count). The molecular formula is C18H26ClN3O2. The van der Waals surface area contributed by atoms with E-state index in [1.54, 1.807) is 0 Å². The predicted octanol–water partition coefficient (Wildman–Crippen LogP) is 2.05. The first kappa shape index (κ1) is 18.7. The molecule has 24 heavy (non-hydrogen) atoms. The maximum atomic E-state index is 12.7. The van der Waals surface area contributed by atoms with E-state index in [2.05, 4.69) is 0 Å². The Bertz CT molecular complexity index is 565. The maximum Gasteiger partial charge on any atom is 0.253 e. The summed E-state index contributed by atoms with van der Waals surface area (Å²) in [6.07, 6.45) is 4.82. The molecule has 5 nitrogen and oxygen atoms in total. The van der Waals surface area contributed by atoms with Gasteiger partial charge in [0, 0.05) is 31.7 Å². The molecule has 1 saturated heterocycles. The number of benzene rings is 1. The molecule has 0 aromatic heterocycles. The normalized spacial score (nSPS) is 20.2. The lowest BCUT2D eigenvalue weighted by Gasteiger charge is -2.41. The van der Waals surface area contributed by atoms with Crippen LogP contribution in [0.1, 0.15) is 42.5 Å². The van der Waals surface area contributed by atoms with Gasteiger partial charge in [0.2, 0.25) is 5.91 Å². The van der Waals surface area contributed by atoms with Gasteiger partial charge >= 0.3 is 0 Å². The van der Waals surface area contributed by atoms with Gasteiger partial charge in [-0.2, -0.15) is 0 Å². The maximum absolute atomic E-state index is 12.7. The van der Waals surface area contributed by atoms with Crippen LogP contribution in [-0.4, -0.2) is 53.3 Å². The molecule has 2 N–H and O–H groups in total. The third-order valence-corrected chi connectivity index (χ3v) is 5.05. The van der Waals surface area contributed by atoms with Gasteiger partial charge in [-0.1, -0.05) is 37.5 Å². The number of amides is 2. The van der Waals surface area contributed by atoms with Crippen LogP contribution in [0.5, 0.6) is 0 Å². The lowest BCUT2D eigenvalue weighted by molar-refractivity contribution is -0.139. The minimum absolute atomic E-state index is 0. The van der Waals surface area contributed by atoms with Crippen LogP contribution in [0.4, 0.5) is 0 Å². The number of carbonyl (C=O) groups excluding carboxylic acids is 2. The van der Waals surface area contributed by atoms with Crippen LogP contribution in [0.25, 0.3) is 0 Å². The first-order chi connectivity index (χ1) is 11.1. The minimum atomic E-state index is -0.677. The Balaban J connectivity index is 0.00000208. The molecule has 0 atom stereocenters. The van der Waals surface area contributed by atoms with Crippen molar-refractivity contribution in [1.29, 1.82) is 0 Å². The summed E-state index contributed by atoms with van der Waals surface area (Å²) < 4.78 is 0. The molecule has 132 valence electrons. The topological polar surface area (TPSA) is 66.6 Å². The fourth-order valence-corrected chi connectivity index (χ4v) is 3.59. The van der Waals surface area contributed by atoms with Gasteiger partial charge in [0.15, 0.2) is 0 Å². The van der Waals surface area contributed by atoms with Crippen molar-refractivity contribution in [2.75, 3.05) is 26.2 Å². The third-order valence-electron chi connectivity index (χ3n) is 5.05. The van der Waals surface area contributed by atoms with Crippen LogP contribution in [0, 0.1) is 0 Å².